The van der Waals surface area contributed by atoms with Gasteiger partial charge >= 0.3 is 13.7 Å². The third kappa shape index (κ3) is 6.84. The van der Waals surface area contributed by atoms with Crippen LogP contribution >= 0.6 is 19.1 Å². The molecular formula is C24H28N3O6PS. The minimum atomic E-state index is -4.91. The molecule has 1 amide bonds. The summed E-state index contributed by atoms with van der Waals surface area (Å²) in [6.07, 6.45) is 1.43. The number of carboxylic acid groups (broad SMARTS) is 1. The summed E-state index contributed by atoms with van der Waals surface area (Å²) in [5.74, 6) is -2.46. The van der Waals surface area contributed by atoms with E-state index in [1.54, 1.807) is 73.8 Å². The van der Waals surface area contributed by atoms with E-state index in [-0.39, 0.29) is 18.8 Å². The van der Waals surface area contributed by atoms with Gasteiger partial charge in [0.25, 0.3) is 0 Å². The third-order valence-corrected chi connectivity index (χ3v) is 7.36. The second-order valence-electron chi connectivity index (χ2n) is 8.32. The quantitative estimate of drug-likeness (QED) is 0.328. The number of benzene rings is 1. The van der Waals surface area contributed by atoms with E-state index in [0.717, 1.165) is 9.57 Å². The number of carbonyl (C=O) groups excluding carboxylic acids is 1. The van der Waals surface area contributed by atoms with Crippen molar-refractivity contribution in [1.82, 2.24) is 9.65 Å². The number of aromatic nitrogens is 1. The summed E-state index contributed by atoms with van der Waals surface area (Å²) in [6.45, 7) is 3.18. The van der Waals surface area contributed by atoms with Gasteiger partial charge in [-0.1, -0.05) is 56.3 Å². The Kier molecular flexibility index (Phi) is 8.93. The third-order valence-electron chi connectivity index (χ3n) is 5.44. The summed E-state index contributed by atoms with van der Waals surface area (Å²) in [5.41, 5.74) is 0.695. The number of hydrogen-bond donors (Lipinski definition) is 3. The molecule has 3 rings (SSSR count). The summed E-state index contributed by atoms with van der Waals surface area (Å²) in [6, 6.07) is 14.5. The number of hydrogen-bond acceptors (Lipinski definition) is 5. The second-order valence-corrected chi connectivity index (χ2v) is 10.9. The van der Waals surface area contributed by atoms with Gasteiger partial charge in [-0.15, -0.1) is 11.3 Å². The van der Waals surface area contributed by atoms with E-state index in [0.29, 0.717) is 10.4 Å². The number of thiophene rings is 1. The van der Waals surface area contributed by atoms with Crippen LogP contribution in [0.1, 0.15) is 24.3 Å². The van der Waals surface area contributed by atoms with Gasteiger partial charge in [-0.3, -0.25) is 9.69 Å². The monoisotopic (exact) mass is 517 g/mol. The molecule has 0 radical (unpaired) electrons. The van der Waals surface area contributed by atoms with Crippen molar-refractivity contribution in [2.75, 3.05) is 4.90 Å². The van der Waals surface area contributed by atoms with Gasteiger partial charge in [0.2, 0.25) is 5.91 Å². The van der Waals surface area contributed by atoms with E-state index in [2.05, 4.69) is 4.98 Å². The van der Waals surface area contributed by atoms with E-state index in [9.17, 15) is 29.0 Å². The first-order valence-corrected chi connectivity index (χ1v) is 13.4. The summed E-state index contributed by atoms with van der Waals surface area (Å²) in [7, 11) is -4.91. The SMILES string of the molecule is CC(C)C(C(=O)N(c1ccccn1)C(Cc1ccccc1)C(=O)O)N(Cc1cccs1)P(=O)(O)O. The standard InChI is InChI=1S/C24H28N3O6PS/c1-17(2)22(26(34(31,32)33)16-19-11-8-14-35-19)23(28)27(21-12-6-7-13-25-21)20(24(29)30)15-18-9-4-3-5-10-18/h3-14,17,20,22H,15-16H2,1-2H3,(H,29,30)(H2,31,32,33). The molecule has 11 heteroatoms. The van der Waals surface area contributed by atoms with Crippen LogP contribution in [0.15, 0.2) is 72.2 Å². The van der Waals surface area contributed by atoms with Crippen LogP contribution in [0.25, 0.3) is 0 Å². The van der Waals surface area contributed by atoms with Gasteiger partial charge in [0.05, 0.1) is 0 Å². The first kappa shape index (κ1) is 26.7. The van der Waals surface area contributed by atoms with Crippen LogP contribution in [0.5, 0.6) is 0 Å². The van der Waals surface area contributed by atoms with Crippen molar-refractivity contribution >= 4 is 36.8 Å². The average molecular weight is 518 g/mol. The lowest BCUT2D eigenvalue weighted by Crippen LogP contribution is -2.56. The van der Waals surface area contributed by atoms with Crippen molar-refractivity contribution in [2.24, 2.45) is 5.92 Å². The Hall–Kier alpha value is -2.88. The molecule has 2 aromatic heterocycles. The molecule has 1 aromatic carbocycles. The molecule has 2 unspecified atom stereocenters. The van der Waals surface area contributed by atoms with E-state index >= 15 is 0 Å². The first-order valence-electron chi connectivity index (χ1n) is 11.0. The predicted octanol–water partition coefficient (Wildman–Crippen LogP) is 3.79. The lowest BCUT2D eigenvalue weighted by Gasteiger charge is -2.38. The Morgan fingerprint density at radius 3 is 2.23 bits per heavy atom. The van der Waals surface area contributed by atoms with Gasteiger partial charge in [0, 0.05) is 24.0 Å². The molecule has 35 heavy (non-hydrogen) atoms. The van der Waals surface area contributed by atoms with Crippen LogP contribution in [-0.4, -0.2) is 48.5 Å². The zero-order valence-electron chi connectivity index (χ0n) is 19.3. The molecule has 2 atom stereocenters. The van der Waals surface area contributed by atoms with Crippen molar-refractivity contribution < 1.29 is 29.0 Å². The molecule has 0 bridgehead atoms. The van der Waals surface area contributed by atoms with Gasteiger partial charge in [0.1, 0.15) is 17.9 Å². The van der Waals surface area contributed by atoms with Crippen molar-refractivity contribution in [3.8, 4) is 0 Å². The summed E-state index contributed by atoms with van der Waals surface area (Å²) < 4.78 is 13.4. The lowest BCUT2D eigenvalue weighted by molar-refractivity contribution is -0.140. The molecular weight excluding hydrogens is 489 g/mol. The van der Waals surface area contributed by atoms with Crippen molar-refractivity contribution in [1.29, 1.82) is 0 Å². The van der Waals surface area contributed by atoms with Gasteiger partial charge < -0.3 is 14.9 Å². The van der Waals surface area contributed by atoms with E-state index in [1.807, 2.05) is 0 Å². The lowest BCUT2D eigenvalue weighted by atomic mass is 9.99. The summed E-state index contributed by atoms with van der Waals surface area (Å²) in [5, 5.41) is 11.9. The molecule has 0 saturated carbocycles. The van der Waals surface area contributed by atoms with Gasteiger partial charge in [-0.05, 0) is 35.1 Å². The van der Waals surface area contributed by atoms with Crippen LogP contribution in [0.2, 0.25) is 0 Å². The molecule has 3 N–H and O–H groups in total. The molecule has 0 aliphatic heterocycles. The van der Waals surface area contributed by atoms with Crippen molar-refractivity contribution in [2.45, 2.75) is 38.9 Å². The minimum absolute atomic E-state index is 0.00978. The van der Waals surface area contributed by atoms with Crippen LogP contribution in [0.3, 0.4) is 0 Å². The number of amides is 1. The Morgan fingerprint density at radius 1 is 1.03 bits per heavy atom. The maximum Gasteiger partial charge on any atom is 0.404 e. The first-order chi connectivity index (χ1) is 16.6. The molecule has 0 spiro atoms. The average Bonchev–Trinajstić information content (AvgIpc) is 3.32. The van der Waals surface area contributed by atoms with Crippen LogP contribution in [0.4, 0.5) is 5.82 Å². The van der Waals surface area contributed by atoms with E-state index in [4.69, 9.17) is 0 Å². The largest absolute Gasteiger partial charge is 0.480 e. The van der Waals surface area contributed by atoms with Gasteiger partial charge in [0.15, 0.2) is 0 Å². The summed E-state index contributed by atoms with van der Waals surface area (Å²) >= 11 is 1.31. The topological polar surface area (TPSA) is 131 Å². The fourth-order valence-electron chi connectivity index (χ4n) is 3.86. The molecule has 2 heterocycles. The van der Waals surface area contributed by atoms with Crippen LogP contribution in [0, 0.1) is 5.92 Å². The fraction of sp³-hybridized carbons (Fsp3) is 0.292. The van der Waals surface area contributed by atoms with E-state index in [1.165, 1.54) is 23.6 Å². The smallest absolute Gasteiger partial charge is 0.404 e. The van der Waals surface area contributed by atoms with Crippen LogP contribution in [-0.2, 0) is 27.1 Å². The maximum atomic E-state index is 14.1. The van der Waals surface area contributed by atoms with Crippen molar-refractivity contribution in [3.63, 3.8) is 0 Å². The molecule has 0 aliphatic rings. The van der Waals surface area contributed by atoms with Gasteiger partial charge in [-0.25, -0.2) is 14.3 Å². The number of anilines is 1. The highest BCUT2D eigenvalue weighted by molar-refractivity contribution is 7.49. The molecule has 186 valence electrons. The number of aliphatic carboxylic acids is 1. The highest BCUT2D eigenvalue weighted by Crippen LogP contribution is 2.45. The normalized spacial score (nSPS) is 13.5. The minimum Gasteiger partial charge on any atom is -0.480 e. The Bertz CT molecular complexity index is 1150. The molecule has 0 fully saturated rings. The number of nitrogens with zero attached hydrogens (tertiary/aromatic N) is 3. The molecule has 0 aliphatic carbocycles. The molecule has 0 saturated heterocycles. The highest BCUT2D eigenvalue weighted by atomic mass is 32.1. The molecule has 9 nitrogen and oxygen atoms in total. The Labute approximate surface area is 207 Å². The van der Waals surface area contributed by atoms with Crippen LogP contribution < -0.4 is 4.90 Å². The number of carbonyl (C=O) groups is 2. The number of carboxylic acids is 1. The number of rotatable bonds is 11. The molecule has 3 aromatic rings. The fourth-order valence-corrected chi connectivity index (χ4v) is 5.69. The highest BCUT2D eigenvalue weighted by Gasteiger charge is 2.44. The van der Waals surface area contributed by atoms with E-state index < -0.39 is 37.6 Å². The summed E-state index contributed by atoms with van der Waals surface area (Å²) in [4.78, 5) is 52.9. The zero-order chi connectivity index (χ0) is 25.6. The van der Waals surface area contributed by atoms with Gasteiger partial charge in [-0.2, -0.15) is 4.67 Å². The van der Waals surface area contributed by atoms with Crippen molar-refractivity contribution in [3.05, 3.63) is 82.7 Å². The maximum absolute atomic E-state index is 14.1. The second kappa shape index (κ2) is 11.7. The Balaban J connectivity index is 2.10. The number of pyridine rings is 1. The zero-order valence-corrected chi connectivity index (χ0v) is 21.0. The Morgan fingerprint density at radius 2 is 1.71 bits per heavy atom. The predicted molar refractivity (Wildman–Crippen MR) is 134 cm³/mol.